The molecule has 2 aromatic rings. The van der Waals surface area contributed by atoms with Gasteiger partial charge in [-0.25, -0.2) is 0 Å². The Hall–Kier alpha value is -3.19. The van der Waals surface area contributed by atoms with E-state index < -0.39 is 56.4 Å². The summed E-state index contributed by atoms with van der Waals surface area (Å²) < 4.78 is 33.8. The van der Waals surface area contributed by atoms with Crippen LogP contribution in [0, 0.1) is 12.3 Å². The van der Waals surface area contributed by atoms with E-state index >= 15 is 0 Å². The molecule has 10 nitrogen and oxygen atoms in total. The minimum Gasteiger partial charge on any atom is -0.461 e. The molecule has 1 fully saturated rings. The molecule has 216 valence electrons. The van der Waals surface area contributed by atoms with Gasteiger partial charge < -0.3 is 33.8 Å². The van der Waals surface area contributed by atoms with Crippen molar-refractivity contribution in [3.8, 4) is 29.2 Å². The lowest BCUT2D eigenvalue weighted by atomic mass is 9.96. The monoisotopic (exact) mass is 574 g/mol. The lowest BCUT2D eigenvalue weighted by Gasteiger charge is -2.43. The molecule has 0 amide bonds. The van der Waals surface area contributed by atoms with Crippen molar-refractivity contribution in [2.24, 2.45) is 0 Å². The van der Waals surface area contributed by atoms with Crippen molar-refractivity contribution >= 4 is 19.5 Å². The lowest BCUT2D eigenvalue weighted by Crippen LogP contribution is -2.61. The minimum absolute atomic E-state index is 0.256. The molecule has 11 heteroatoms. The van der Waals surface area contributed by atoms with Crippen molar-refractivity contribution in [1.82, 2.24) is 0 Å². The Morgan fingerprint density at radius 2 is 1.68 bits per heavy atom. The second kappa shape index (κ2) is 14.4. The van der Waals surface area contributed by atoms with E-state index in [1.165, 1.54) is 5.56 Å². The van der Waals surface area contributed by atoms with Crippen LogP contribution in [0.3, 0.4) is 0 Å². The van der Waals surface area contributed by atoms with Crippen LogP contribution in [0.4, 0.5) is 0 Å². The molecule has 0 unspecified atom stereocenters. The molecule has 5 atom stereocenters. The highest BCUT2D eigenvalue weighted by Crippen LogP contribution is 2.38. The number of esters is 2. The SMILES string of the molecule is C#CCCCCc1cccc(-c2ccc(O[C@H]3O[C@H](CCP(=O)(O)O)[C@@H](O)[C@H](OC(C)=O)[C@@H]3OC(C)=O)cc2)c1. The highest BCUT2D eigenvalue weighted by Gasteiger charge is 2.50. The predicted molar refractivity (Wildman–Crippen MR) is 146 cm³/mol. The number of benzene rings is 2. The molecule has 0 aliphatic carbocycles. The van der Waals surface area contributed by atoms with E-state index in [4.69, 9.17) is 25.4 Å². The van der Waals surface area contributed by atoms with Crippen LogP contribution in [0.2, 0.25) is 0 Å². The first kappa shape index (κ1) is 31.3. The summed E-state index contributed by atoms with van der Waals surface area (Å²) in [4.78, 5) is 42.2. The molecule has 0 aromatic heterocycles. The predicted octanol–water partition coefficient (Wildman–Crippen LogP) is 3.60. The summed E-state index contributed by atoms with van der Waals surface area (Å²) in [5, 5.41) is 10.8. The molecule has 0 spiro atoms. The van der Waals surface area contributed by atoms with Gasteiger partial charge in [0.1, 0.15) is 11.9 Å². The average molecular weight is 575 g/mol. The van der Waals surface area contributed by atoms with Crippen LogP contribution < -0.4 is 4.74 Å². The largest absolute Gasteiger partial charge is 0.461 e. The number of terminal acetylenes is 1. The molecule has 1 aliphatic heterocycles. The number of hydrogen-bond acceptors (Lipinski definition) is 8. The topological polar surface area (TPSA) is 149 Å². The van der Waals surface area contributed by atoms with Gasteiger partial charge in [-0.2, -0.15) is 0 Å². The van der Waals surface area contributed by atoms with Crippen molar-refractivity contribution in [3.05, 3.63) is 54.1 Å². The Morgan fingerprint density at radius 3 is 2.30 bits per heavy atom. The first-order chi connectivity index (χ1) is 19.0. The minimum atomic E-state index is -4.41. The fourth-order valence-corrected chi connectivity index (χ4v) is 5.08. The first-order valence-corrected chi connectivity index (χ1v) is 14.8. The summed E-state index contributed by atoms with van der Waals surface area (Å²) in [6.45, 7) is 2.27. The van der Waals surface area contributed by atoms with Gasteiger partial charge in [0.15, 0.2) is 6.10 Å². The van der Waals surface area contributed by atoms with E-state index in [2.05, 4.69) is 18.1 Å². The van der Waals surface area contributed by atoms with E-state index in [1.54, 1.807) is 12.1 Å². The van der Waals surface area contributed by atoms with Crippen molar-refractivity contribution in [3.63, 3.8) is 0 Å². The zero-order chi connectivity index (χ0) is 29.3. The number of aliphatic hydroxyl groups excluding tert-OH is 1. The molecule has 3 rings (SSSR count). The zero-order valence-corrected chi connectivity index (χ0v) is 23.4. The number of hydrogen-bond donors (Lipinski definition) is 3. The van der Waals surface area contributed by atoms with Gasteiger partial charge in [0.25, 0.3) is 0 Å². The van der Waals surface area contributed by atoms with Crippen LogP contribution >= 0.6 is 7.60 Å². The van der Waals surface area contributed by atoms with Gasteiger partial charge >= 0.3 is 19.5 Å². The summed E-state index contributed by atoms with van der Waals surface area (Å²) >= 11 is 0. The van der Waals surface area contributed by atoms with Gasteiger partial charge in [0.05, 0.1) is 12.3 Å². The maximum atomic E-state index is 11.8. The molecule has 2 aromatic carbocycles. The fourth-order valence-electron chi connectivity index (χ4n) is 4.49. The highest BCUT2D eigenvalue weighted by molar-refractivity contribution is 7.51. The summed E-state index contributed by atoms with van der Waals surface area (Å²) in [7, 11) is -4.41. The second-order valence-corrected chi connectivity index (χ2v) is 11.4. The smallest absolute Gasteiger partial charge is 0.325 e. The van der Waals surface area contributed by atoms with Crippen molar-refractivity contribution in [2.75, 3.05) is 6.16 Å². The van der Waals surface area contributed by atoms with E-state index in [1.807, 2.05) is 24.3 Å². The molecule has 0 bridgehead atoms. The molecule has 0 saturated carbocycles. The summed E-state index contributed by atoms with van der Waals surface area (Å²) in [6, 6.07) is 15.3. The van der Waals surface area contributed by atoms with E-state index in [9.17, 15) is 29.0 Å². The van der Waals surface area contributed by atoms with Crippen LogP contribution in [0.25, 0.3) is 11.1 Å². The van der Waals surface area contributed by atoms with Crippen molar-refractivity contribution in [1.29, 1.82) is 0 Å². The summed E-state index contributed by atoms with van der Waals surface area (Å²) in [5.74, 6) is 1.51. The summed E-state index contributed by atoms with van der Waals surface area (Å²) in [6.07, 6.45) is 1.39. The van der Waals surface area contributed by atoms with Crippen LogP contribution in [0.5, 0.6) is 5.75 Å². The number of ether oxygens (including phenoxy) is 4. The molecule has 1 saturated heterocycles. The molecular formula is C29H35O10P. The third kappa shape index (κ3) is 9.47. The van der Waals surface area contributed by atoms with Crippen molar-refractivity contribution < 1.29 is 48.0 Å². The standard InChI is InChI=1S/C29H35O10P/c1-4-5-6-7-9-21-10-8-11-23(18-21)22-12-14-24(15-13-22)38-29-28(37-20(3)31)27(36-19(2)30)26(32)25(39-29)16-17-40(33,34)35/h1,8,10-15,18,25-29,32H,5-7,9,16-17H2,2-3H3,(H2,33,34,35)/t25-,26-,27+,28+,29+/m1/s1. The quantitative estimate of drug-likeness (QED) is 0.149. The zero-order valence-electron chi connectivity index (χ0n) is 22.5. The normalized spacial score (nSPS) is 22.6. The second-order valence-electron chi connectivity index (χ2n) is 9.61. The van der Waals surface area contributed by atoms with Gasteiger partial charge in [-0.05, 0) is 54.5 Å². The molecule has 1 heterocycles. The van der Waals surface area contributed by atoms with Crippen LogP contribution in [-0.2, 0) is 34.8 Å². The van der Waals surface area contributed by atoms with Gasteiger partial charge in [-0.1, -0.05) is 36.4 Å². The Morgan fingerprint density at radius 1 is 1.00 bits per heavy atom. The fraction of sp³-hybridized carbons (Fsp3) is 0.448. The molecule has 0 radical (unpaired) electrons. The number of aliphatic hydroxyl groups is 1. The van der Waals surface area contributed by atoms with Gasteiger partial charge in [0, 0.05) is 20.3 Å². The van der Waals surface area contributed by atoms with Gasteiger partial charge in [-0.3, -0.25) is 14.2 Å². The van der Waals surface area contributed by atoms with E-state index in [0.29, 0.717) is 5.75 Å². The van der Waals surface area contributed by atoms with Crippen LogP contribution in [0.15, 0.2) is 48.5 Å². The Labute approximate surface area is 233 Å². The molecule has 3 N–H and O–H groups in total. The maximum absolute atomic E-state index is 11.8. The lowest BCUT2D eigenvalue weighted by molar-refractivity contribution is -0.280. The maximum Gasteiger partial charge on any atom is 0.325 e. The molecule has 1 aliphatic rings. The number of carbonyl (C=O) groups excluding carboxylic acids is 2. The third-order valence-corrected chi connectivity index (χ3v) is 7.17. The van der Waals surface area contributed by atoms with Gasteiger partial charge in [0.2, 0.25) is 12.4 Å². The molecular weight excluding hydrogens is 539 g/mol. The Balaban J connectivity index is 1.80. The number of rotatable bonds is 12. The molecule has 40 heavy (non-hydrogen) atoms. The number of unbranched alkanes of at least 4 members (excludes halogenated alkanes) is 2. The van der Waals surface area contributed by atoms with E-state index in [0.717, 1.165) is 50.7 Å². The highest BCUT2D eigenvalue weighted by atomic mass is 31.2. The Bertz CT molecular complexity index is 1230. The first-order valence-electron chi connectivity index (χ1n) is 13.0. The van der Waals surface area contributed by atoms with Crippen LogP contribution in [0.1, 0.15) is 45.1 Å². The average Bonchev–Trinajstić information content (AvgIpc) is 2.89. The third-order valence-electron chi connectivity index (χ3n) is 6.33. The van der Waals surface area contributed by atoms with Gasteiger partial charge in [-0.15, -0.1) is 12.3 Å². The number of carbonyl (C=O) groups is 2. The Kier molecular flexibility index (Phi) is 11.3. The number of aryl methyl sites for hydroxylation is 1. The summed E-state index contributed by atoms with van der Waals surface area (Å²) in [5.41, 5.74) is 3.15. The van der Waals surface area contributed by atoms with Crippen LogP contribution in [-0.4, -0.2) is 63.7 Å². The van der Waals surface area contributed by atoms with E-state index in [-0.39, 0.29) is 6.42 Å². The van der Waals surface area contributed by atoms with Crippen molar-refractivity contribution in [2.45, 2.75) is 76.7 Å².